The van der Waals surface area contributed by atoms with Gasteiger partial charge in [0.15, 0.2) is 5.96 Å². The minimum absolute atomic E-state index is 0. The predicted molar refractivity (Wildman–Crippen MR) is 111 cm³/mol. The van der Waals surface area contributed by atoms with E-state index >= 15 is 0 Å². The fourth-order valence-corrected chi connectivity index (χ4v) is 2.38. The molecule has 0 aromatic heterocycles. The Morgan fingerprint density at radius 3 is 2.62 bits per heavy atom. The minimum atomic E-state index is 0. The van der Waals surface area contributed by atoms with Crippen LogP contribution in [0.25, 0.3) is 0 Å². The highest BCUT2D eigenvalue weighted by molar-refractivity contribution is 14.0. The number of hydrogen-bond donors (Lipinski definition) is 3. The lowest BCUT2D eigenvalue weighted by molar-refractivity contribution is -0.122. The molecule has 0 radical (unpaired) electrons. The van der Waals surface area contributed by atoms with Crippen molar-refractivity contribution in [2.45, 2.75) is 39.7 Å². The van der Waals surface area contributed by atoms with E-state index in [-0.39, 0.29) is 35.8 Å². The molecule has 1 aromatic rings. The maximum absolute atomic E-state index is 12.0. The van der Waals surface area contributed by atoms with Gasteiger partial charge in [-0.3, -0.25) is 9.79 Å². The lowest BCUT2D eigenvalue weighted by atomic mass is 9.85. The fraction of sp³-hybridized carbons (Fsp3) is 0.556. The summed E-state index contributed by atoms with van der Waals surface area (Å²) in [6, 6.07) is 7.96. The van der Waals surface area contributed by atoms with Crippen molar-refractivity contribution < 1.29 is 4.79 Å². The van der Waals surface area contributed by atoms with Crippen LogP contribution in [0.2, 0.25) is 0 Å². The van der Waals surface area contributed by atoms with Crippen molar-refractivity contribution in [3.8, 4) is 0 Å². The number of amides is 1. The second kappa shape index (κ2) is 10.5. The molecule has 134 valence electrons. The van der Waals surface area contributed by atoms with E-state index in [4.69, 9.17) is 0 Å². The van der Waals surface area contributed by atoms with Crippen molar-refractivity contribution in [2.24, 2.45) is 16.8 Å². The molecule has 3 N–H and O–H groups in total. The summed E-state index contributed by atoms with van der Waals surface area (Å²) < 4.78 is 0. The monoisotopic (exact) mass is 444 g/mol. The molecular formula is C18H29IN4O. The Hall–Kier alpha value is -1.31. The molecule has 1 fully saturated rings. The molecule has 2 rings (SSSR count). The third-order valence-electron chi connectivity index (χ3n) is 4.03. The molecule has 1 aromatic carbocycles. The fourth-order valence-electron chi connectivity index (χ4n) is 2.38. The van der Waals surface area contributed by atoms with Crippen LogP contribution in [0.5, 0.6) is 0 Å². The van der Waals surface area contributed by atoms with Crippen LogP contribution >= 0.6 is 24.0 Å². The Morgan fingerprint density at radius 2 is 2.04 bits per heavy atom. The van der Waals surface area contributed by atoms with E-state index in [0.717, 1.165) is 36.6 Å². The van der Waals surface area contributed by atoms with Gasteiger partial charge in [-0.15, -0.1) is 24.0 Å². The van der Waals surface area contributed by atoms with E-state index in [0.29, 0.717) is 12.5 Å². The number of anilines is 1. The van der Waals surface area contributed by atoms with Crippen molar-refractivity contribution in [2.75, 3.05) is 18.9 Å². The van der Waals surface area contributed by atoms with Crippen molar-refractivity contribution in [3.63, 3.8) is 0 Å². The number of carbonyl (C=O) groups is 1. The first kappa shape index (κ1) is 20.7. The van der Waals surface area contributed by atoms with Gasteiger partial charge in [0, 0.05) is 31.7 Å². The van der Waals surface area contributed by atoms with E-state index in [2.05, 4.69) is 34.8 Å². The molecule has 0 heterocycles. The largest absolute Gasteiger partial charge is 0.356 e. The van der Waals surface area contributed by atoms with Gasteiger partial charge in [-0.2, -0.15) is 0 Å². The summed E-state index contributed by atoms with van der Waals surface area (Å²) in [6.45, 7) is 5.88. The van der Waals surface area contributed by atoms with Crippen LogP contribution in [-0.4, -0.2) is 25.5 Å². The topological polar surface area (TPSA) is 65.5 Å². The lowest BCUT2D eigenvalue weighted by Gasteiger charge is -2.24. The first-order chi connectivity index (χ1) is 11.1. The Kier molecular flexibility index (Phi) is 9.10. The number of benzene rings is 1. The van der Waals surface area contributed by atoms with Gasteiger partial charge in [-0.1, -0.05) is 32.4 Å². The molecule has 1 amide bonds. The molecule has 6 heteroatoms. The maximum atomic E-state index is 12.0. The molecule has 0 spiro atoms. The summed E-state index contributed by atoms with van der Waals surface area (Å²) in [5.74, 6) is 1.72. The first-order valence-corrected chi connectivity index (χ1v) is 8.43. The van der Waals surface area contributed by atoms with Gasteiger partial charge in [-0.05, 0) is 36.5 Å². The normalized spacial score (nSPS) is 14.6. The first-order valence-electron chi connectivity index (χ1n) is 8.43. The molecular weight excluding hydrogens is 415 g/mol. The van der Waals surface area contributed by atoms with Crippen LogP contribution in [0, 0.1) is 11.8 Å². The standard InChI is InChI=1S/C18H28N4O.HI/c1-13(2)11-20-18(19-3)21-12-14-6-4-9-16(10-14)22-17(23)15-7-5-8-15;/h4,6,9-10,13,15H,5,7-8,11-12H2,1-3H3,(H,22,23)(H2,19,20,21);1H. The van der Waals surface area contributed by atoms with Crippen LogP contribution in [0.4, 0.5) is 5.69 Å². The second-order valence-electron chi connectivity index (χ2n) is 6.52. The van der Waals surface area contributed by atoms with Crippen LogP contribution in [0.1, 0.15) is 38.7 Å². The number of carbonyl (C=O) groups excluding carboxylic acids is 1. The number of nitrogens with zero attached hydrogens (tertiary/aromatic N) is 1. The van der Waals surface area contributed by atoms with Gasteiger partial charge in [0.05, 0.1) is 0 Å². The molecule has 1 saturated carbocycles. The minimum Gasteiger partial charge on any atom is -0.356 e. The van der Waals surface area contributed by atoms with Crippen LogP contribution < -0.4 is 16.0 Å². The van der Waals surface area contributed by atoms with E-state index in [1.807, 2.05) is 24.3 Å². The van der Waals surface area contributed by atoms with Gasteiger partial charge in [0.25, 0.3) is 0 Å². The highest BCUT2D eigenvalue weighted by atomic mass is 127. The van der Waals surface area contributed by atoms with Gasteiger partial charge >= 0.3 is 0 Å². The van der Waals surface area contributed by atoms with Crippen LogP contribution in [-0.2, 0) is 11.3 Å². The van der Waals surface area contributed by atoms with Crippen LogP contribution in [0.15, 0.2) is 29.3 Å². The van der Waals surface area contributed by atoms with Crippen molar-refractivity contribution in [1.82, 2.24) is 10.6 Å². The number of guanidine groups is 1. The SMILES string of the molecule is CN=C(NCc1cccc(NC(=O)C2CCC2)c1)NCC(C)C.I. The summed E-state index contributed by atoms with van der Waals surface area (Å²) in [4.78, 5) is 16.2. The number of rotatable bonds is 6. The average molecular weight is 444 g/mol. The molecule has 0 atom stereocenters. The molecule has 5 nitrogen and oxygen atoms in total. The van der Waals surface area contributed by atoms with E-state index in [1.54, 1.807) is 7.05 Å². The van der Waals surface area contributed by atoms with E-state index in [1.165, 1.54) is 6.42 Å². The van der Waals surface area contributed by atoms with Crippen LogP contribution in [0.3, 0.4) is 0 Å². The molecule has 1 aliphatic carbocycles. The summed E-state index contributed by atoms with van der Waals surface area (Å²) in [5.41, 5.74) is 1.98. The third kappa shape index (κ3) is 6.67. The summed E-state index contributed by atoms with van der Waals surface area (Å²) in [6.07, 6.45) is 3.21. The Balaban J connectivity index is 0.00000288. The molecule has 24 heavy (non-hydrogen) atoms. The third-order valence-corrected chi connectivity index (χ3v) is 4.03. The van der Waals surface area contributed by atoms with Gasteiger partial charge in [0.2, 0.25) is 5.91 Å². The van der Waals surface area contributed by atoms with Gasteiger partial charge < -0.3 is 16.0 Å². The lowest BCUT2D eigenvalue weighted by Crippen LogP contribution is -2.38. The zero-order chi connectivity index (χ0) is 16.7. The smallest absolute Gasteiger partial charge is 0.227 e. The Morgan fingerprint density at radius 1 is 1.29 bits per heavy atom. The number of hydrogen-bond acceptors (Lipinski definition) is 2. The van der Waals surface area contributed by atoms with Gasteiger partial charge in [-0.25, -0.2) is 0 Å². The van der Waals surface area contributed by atoms with Crippen molar-refractivity contribution in [3.05, 3.63) is 29.8 Å². The van der Waals surface area contributed by atoms with E-state index in [9.17, 15) is 4.79 Å². The molecule has 0 bridgehead atoms. The Labute approximate surface area is 162 Å². The van der Waals surface area contributed by atoms with Crippen molar-refractivity contribution in [1.29, 1.82) is 0 Å². The number of halogens is 1. The van der Waals surface area contributed by atoms with E-state index < -0.39 is 0 Å². The molecule has 0 unspecified atom stereocenters. The summed E-state index contributed by atoms with van der Waals surface area (Å²) in [7, 11) is 1.77. The number of aliphatic imine (C=N–C) groups is 1. The maximum Gasteiger partial charge on any atom is 0.227 e. The molecule has 1 aliphatic rings. The van der Waals surface area contributed by atoms with Gasteiger partial charge in [0.1, 0.15) is 0 Å². The van der Waals surface area contributed by atoms with Crippen molar-refractivity contribution >= 4 is 41.5 Å². The highest BCUT2D eigenvalue weighted by Crippen LogP contribution is 2.27. The average Bonchev–Trinajstić information content (AvgIpc) is 2.45. The zero-order valence-electron chi connectivity index (χ0n) is 14.8. The number of nitrogens with one attached hydrogen (secondary N) is 3. The quantitative estimate of drug-likeness (QED) is 0.358. The summed E-state index contributed by atoms with van der Waals surface area (Å²) in [5, 5.41) is 9.59. The molecule has 0 saturated heterocycles. The zero-order valence-corrected chi connectivity index (χ0v) is 17.1. The molecule has 0 aliphatic heterocycles. The Bertz CT molecular complexity index is 556. The summed E-state index contributed by atoms with van der Waals surface area (Å²) >= 11 is 0. The predicted octanol–water partition coefficient (Wildman–Crippen LogP) is 3.36. The highest BCUT2D eigenvalue weighted by Gasteiger charge is 2.25. The second-order valence-corrected chi connectivity index (χ2v) is 6.52.